The summed E-state index contributed by atoms with van der Waals surface area (Å²) >= 11 is 0. The van der Waals surface area contributed by atoms with Gasteiger partial charge in [-0.1, -0.05) is 13.0 Å². The highest BCUT2D eigenvalue weighted by atomic mass is 32.2. The summed E-state index contributed by atoms with van der Waals surface area (Å²) in [6.45, 7) is 3.40. The number of anilines is 1. The lowest BCUT2D eigenvalue weighted by atomic mass is 10.1. The van der Waals surface area contributed by atoms with Crippen LogP contribution in [0.5, 0.6) is 11.5 Å². The molecule has 1 amide bonds. The number of hydrogen-bond donors (Lipinski definition) is 1. The van der Waals surface area contributed by atoms with E-state index in [4.69, 9.17) is 9.47 Å². The quantitative estimate of drug-likeness (QED) is 0.422. The van der Waals surface area contributed by atoms with Crippen LogP contribution in [0.25, 0.3) is 0 Å². The van der Waals surface area contributed by atoms with Crippen molar-refractivity contribution >= 4 is 27.3 Å². The van der Waals surface area contributed by atoms with Crippen LogP contribution in [0.3, 0.4) is 0 Å². The van der Waals surface area contributed by atoms with Crippen molar-refractivity contribution in [3.05, 3.63) is 58.1 Å². The summed E-state index contributed by atoms with van der Waals surface area (Å²) in [5.74, 6) is 0.551. The molecular formula is C21H27N3O7S. The third-order valence-electron chi connectivity index (χ3n) is 4.89. The van der Waals surface area contributed by atoms with Gasteiger partial charge in [-0.05, 0) is 37.6 Å². The summed E-state index contributed by atoms with van der Waals surface area (Å²) in [7, 11) is -0.914. The van der Waals surface area contributed by atoms with Gasteiger partial charge in [0.25, 0.3) is 5.69 Å². The van der Waals surface area contributed by atoms with Crippen molar-refractivity contribution in [2.24, 2.45) is 0 Å². The van der Waals surface area contributed by atoms with Crippen LogP contribution in [0.15, 0.2) is 42.5 Å². The number of sulfonamides is 1. The maximum atomic E-state index is 13.2. The molecule has 0 bridgehead atoms. The van der Waals surface area contributed by atoms with E-state index in [0.29, 0.717) is 17.1 Å². The molecule has 0 radical (unpaired) electrons. The number of non-ortho nitro benzene ring substituents is 1. The summed E-state index contributed by atoms with van der Waals surface area (Å²) in [6, 6.07) is 8.67. The number of carbonyl (C=O) groups is 1. The zero-order chi connectivity index (χ0) is 24.1. The van der Waals surface area contributed by atoms with Gasteiger partial charge in [-0.2, -0.15) is 0 Å². The van der Waals surface area contributed by atoms with Gasteiger partial charge < -0.3 is 14.8 Å². The number of carbonyl (C=O) groups excluding carboxylic acids is 1. The Balaban J connectivity index is 2.41. The minimum atomic E-state index is -3.94. The van der Waals surface area contributed by atoms with Gasteiger partial charge in [0.05, 0.1) is 37.1 Å². The third kappa shape index (κ3) is 5.67. The fourth-order valence-corrected chi connectivity index (χ4v) is 4.57. The topological polar surface area (TPSA) is 128 Å². The van der Waals surface area contributed by atoms with E-state index >= 15 is 0 Å². The lowest BCUT2D eigenvalue weighted by molar-refractivity contribution is -0.384. The number of methoxy groups -OCH3 is 2. The maximum absolute atomic E-state index is 13.2. The van der Waals surface area contributed by atoms with E-state index in [9.17, 15) is 23.3 Å². The minimum Gasteiger partial charge on any atom is -0.497 e. The third-order valence-corrected chi connectivity index (χ3v) is 6.07. The summed E-state index contributed by atoms with van der Waals surface area (Å²) in [4.78, 5) is 23.7. The van der Waals surface area contributed by atoms with E-state index in [0.717, 1.165) is 16.6 Å². The highest BCUT2D eigenvalue weighted by Gasteiger charge is 2.33. The summed E-state index contributed by atoms with van der Waals surface area (Å²) < 4.78 is 36.7. The Morgan fingerprint density at radius 3 is 2.41 bits per heavy atom. The Kier molecular flexibility index (Phi) is 8.03. The van der Waals surface area contributed by atoms with Crippen molar-refractivity contribution in [3.8, 4) is 11.5 Å². The van der Waals surface area contributed by atoms with E-state index in [1.54, 1.807) is 32.0 Å². The Morgan fingerprint density at radius 1 is 1.19 bits per heavy atom. The van der Waals surface area contributed by atoms with Gasteiger partial charge in [0.15, 0.2) is 0 Å². The molecule has 32 heavy (non-hydrogen) atoms. The second-order valence-electron chi connectivity index (χ2n) is 7.10. The highest BCUT2D eigenvalue weighted by Crippen LogP contribution is 2.30. The van der Waals surface area contributed by atoms with Crippen LogP contribution in [-0.4, -0.2) is 45.8 Å². The molecule has 0 aliphatic carbocycles. The Hall–Kier alpha value is -3.34. The molecule has 0 heterocycles. The predicted molar refractivity (Wildman–Crippen MR) is 121 cm³/mol. The smallest absolute Gasteiger partial charge is 0.271 e. The lowest BCUT2D eigenvalue weighted by Gasteiger charge is -2.31. The van der Waals surface area contributed by atoms with Crippen LogP contribution in [-0.2, 0) is 14.8 Å². The molecular weight excluding hydrogens is 438 g/mol. The Bertz CT molecular complexity index is 1090. The van der Waals surface area contributed by atoms with Crippen LogP contribution in [0.2, 0.25) is 0 Å². The normalized spacial score (nSPS) is 13.0. The van der Waals surface area contributed by atoms with Gasteiger partial charge in [-0.15, -0.1) is 0 Å². The molecule has 0 unspecified atom stereocenters. The van der Waals surface area contributed by atoms with E-state index < -0.39 is 32.9 Å². The number of nitrogens with zero attached hydrogens (tertiary/aromatic N) is 2. The molecule has 11 heteroatoms. The van der Waals surface area contributed by atoms with Gasteiger partial charge in [0.1, 0.15) is 17.5 Å². The largest absolute Gasteiger partial charge is 0.497 e. The van der Waals surface area contributed by atoms with Crippen molar-refractivity contribution in [1.82, 2.24) is 5.32 Å². The SMILES string of the molecule is CC[C@@H](C(=O)N[C@H](C)c1cc(OC)ccc1OC)N(c1cccc([N+](=O)[O-])c1)S(C)(=O)=O. The molecule has 0 aromatic heterocycles. The first-order valence-electron chi connectivity index (χ1n) is 9.79. The lowest BCUT2D eigenvalue weighted by Crippen LogP contribution is -2.49. The summed E-state index contributed by atoms with van der Waals surface area (Å²) in [6.07, 6.45) is 1.10. The number of amides is 1. The van der Waals surface area contributed by atoms with E-state index in [-0.39, 0.29) is 17.8 Å². The van der Waals surface area contributed by atoms with E-state index in [2.05, 4.69) is 5.32 Å². The van der Waals surface area contributed by atoms with Crippen molar-refractivity contribution < 1.29 is 27.6 Å². The van der Waals surface area contributed by atoms with Crippen LogP contribution >= 0.6 is 0 Å². The van der Waals surface area contributed by atoms with Gasteiger partial charge in [-0.3, -0.25) is 19.2 Å². The first-order valence-corrected chi connectivity index (χ1v) is 11.6. The highest BCUT2D eigenvalue weighted by molar-refractivity contribution is 7.92. The standard InChI is InChI=1S/C21H27N3O7S/c1-6-19(23(32(5,28)29)15-8-7-9-16(12-15)24(26)27)21(25)22-14(2)18-13-17(30-3)10-11-20(18)31-4/h7-14,19H,6H2,1-5H3,(H,22,25)/t14-,19+/m1/s1. The van der Waals surface area contributed by atoms with Crippen LogP contribution in [0.1, 0.15) is 31.9 Å². The van der Waals surface area contributed by atoms with E-state index in [1.165, 1.54) is 32.4 Å². The maximum Gasteiger partial charge on any atom is 0.271 e. The number of rotatable bonds is 10. The molecule has 174 valence electrons. The molecule has 0 spiro atoms. The fourth-order valence-electron chi connectivity index (χ4n) is 3.37. The zero-order valence-corrected chi connectivity index (χ0v) is 19.4. The van der Waals surface area contributed by atoms with Crippen molar-refractivity contribution in [2.75, 3.05) is 24.8 Å². The molecule has 2 aromatic rings. The average molecular weight is 466 g/mol. The second-order valence-corrected chi connectivity index (χ2v) is 8.96. The Morgan fingerprint density at radius 2 is 1.88 bits per heavy atom. The van der Waals surface area contributed by atoms with Crippen LogP contribution in [0, 0.1) is 10.1 Å². The zero-order valence-electron chi connectivity index (χ0n) is 18.6. The molecule has 2 atom stereocenters. The van der Waals surface area contributed by atoms with Gasteiger partial charge in [-0.25, -0.2) is 8.42 Å². The summed E-state index contributed by atoms with van der Waals surface area (Å²) in [5, 5.41) is 14.0. The number of nitro groups is 1. The first kappa shape index (κ1) is 24.9. The molecule has 0 aliphatic heterocycles. The molecule has 0 saturated heterocycles. The number of nitro benzene ring substituents is 1. The number of benzene rings is 2. The number of nitrogens with one attached hydrogen (secondary N) is 1. The van der Waals surface area contributed by atoms with Gasteiger partial charge >= 0.3 is 0 Å². The molecule has 0 aliphatic rings. The predicted octanol–water partition coefficient (Wildman–Crippen LogP) is 3.03. The second kappa shape index (κ2) is 10.3. The van der Waals surface area contributed by atoms with E-state index in [1.807, 2.05) is 0 Å². The molecule has 2 aromatic carbocycles. The van der Waals surface area contributed by atoms with Crippen LogP contribution < -0.4 is 19.1 Å². The van der Waals surface area contributed by atoms with Crippen molar-refractivity contribution in [2.45, 2.75) is 32.4 Å². The van der Waals surface area contributed by atoms with Crippen LogP contribution in [0.4, 0.5) is 11.4 Å². The Labute approximate surface area is 187 Å². The molecule has 0 fully saturated rings. The summed E-state index contributed by atoms with van der Waals surface area (Å²) in [5.41, 5.74) is 0.410. The molecule has 0 saturated carbocycles. The average Bonchev–Trinajstić information content (AvgIpc) is 2.75. The minimum absolute atomic E-state index is 0.0373. The molecule has 10 nitrogen and oxygen atoms in total. The number of ether oxygens (including phenoxy) is 2. The van der Waals surface area contributed by atoms with Crippen molar-refractivity contribution in [1.29, 1.82) is 0 Å². The monoisotopic (exact) mass is 465 g/mol. The van der Waals surface area contributed by atoms with Gasteiger partial charge in [0, 0.05) is 17.7 Å². The first-order chi connectivity index (χ1) is 15.0. The molecule has 1 N–H and O–H groups in total. The van der Waals surface area contributed by atoms with Crippen molar-refractivity contribution in [3.63, 3.8) is 0 Å². The van der Waals surface area contributed by atoms with Gasteiger partial charge in [0.2, 0.25) is 15.9 Å². The fraction of sp³-hybridized carbons (Fsp3) is 0.381. The molecule has 2 rings (SSSR count). The number of hydrogen-bond acceptors (Lipinski definition) is 7.